The summed E-state index contributed by atoms with van der Waals surface area (Å²) in [6.45, 7) is 7.46. The van der Waals surface area contributed by atoms with Crippen LogP contribution in [0.3, 0.4) is 0 Å². The Balaban J connectivity index is 2.52. The molecular formula is C11H14NOSi. The normalized spacial score (nSPS) is 9.79. The Labute approximate surface area is 86.3 Å². The van der Waals surface area contributed by atoms with Gasteiger partial charge >= 0.3 is 0 Å². The van der Waals surface area contributed by atoms with Crippen molar-refractivity contribution in [3.8, 4) is 5.75 Å². The van der Waals surface area contributed by atoms with E-state index in [4.69, 9.17) is 10.5 Å². The summed E-state index contributed by atoms with van der Waals surface area (Å²) in [5, 5.41) is 0. The minimum Gasteiger partial charge on any atom is -0.497 e. The minimum absolute atomic E-state index is 0.654. The molecule has 1 rings (SSSR count). The average Bonchev–Trinajstić information content (AvgIpc) is 2.19. The smallest absolute Gasteiger partial charge is 0.148 e. The molecule has 0 fully saturated rings. The fraction of sp³-hybridized carbons (Fsp3) is 0.0909. The van der Waals surface area contributed by atoms with E-state index >= 15 is 0 Å². The van der Waals surface area contributed by atoms with E-state index in [2.05, 4.69) is 13.2 Å². The quantitative estimate of drug-likeness (QED) is 0.589. The lowest BCUT2D eigenvalue weighted by molar-refractivity contribution is 0.383. The van der Waals surface area contributed by atoms with Crippen LogP contribution in [0.4, 0.5) is 5.69 Å². The lowest BCUT2D eigenvalue weighted by atomic mass is 10.3. The molecule has 0 amide bonds. The highest BCUT2D eigenvalue weighted by Gasteiger charge is 2.02. The van der Waals surface area contributed by atoms with Crippen LogP contribution in [-0.2, 0) is 0 Å². The zero-order valence-electron chi connectivity index (χ0n) is 8.07. The van der Waals surface area contributed by atoms with Gasteiger partial charge < -0.3 is 10.5 Å². The summed E-state index contributed by atoms with van der Waals surface area (Å²) in [5.41, 5.74) is 10.1. The van der Waals surface area contributed by atoms with E-state index in [-0.39, 0.29) is 0 Å². The van der Waals surface area contributed by atoms with Crippen LogP contribution >= 0.6 is 0 Å². The molecule has 2 nitrogen and oxygen atoms in total. The van der Waals surface area contributed by atoms with Gasteiger partial charge in [-0.3, -0.25) is 0 Å². The van der Waals surface area contributed by atoms with Gasteiger partial charge in [-0.25, -0.2) is 0 Å². The third kappa shape index (κ3) is 3.10. The molecule has 0 aliphatic carbocycles. The Morgan fingerprint density at radius 1 is 1.36 bits per heavy atom. The second-order valence-corrected chi connectivity index (χ2v) is 5.10. The van der Waals surface area contributed by atoms with E-state index < -0.39 is 8.80 Å². The molecule has 0 bridgehead atoms. The van der Waals surface area contributed by atoms with E-state index in [0.29, 0.717) is 11.9 Å². The van der Waals surface area contributed by atoms with Gasteiger partial charge in [-0.15, -0.1) is 13.2 Å². The molecule has 14 heavy (non-hydrogen) atoms. The number of benzene rings is 1. The van der Waals surface area contributed by atoms with Gasteiger partial charge in [0.1, 0.15) is 14.5 Å². The summed E-state index contributed by atoms with van der Waals surface area (Å²) in [6, 6.07) is 7.41. The molecule has 73 valence electrons. The third-order valence-electron chi connectivity index (χ3n) is 1.79. The number of ether oxygens (including phenoxy) is 1. The van der Waals surface area contributed by atoms with Gasteiger partial charge in [0.25, 0.3) is 0 Å². The van der Waals surface area contributed by atoms with Crippen molar-refractivity contribution in [2.75, 3.05) is 12.0 Å². The zero-order valence-corrected chi connectivity index (χ0v) is 9.07. The molecule has 0 aliphatic rings. The molecule has 1 aromatic rings. The second kappa shape index (κ2) is 5.29. The summed E-state index contributed by atoms with van der Waals surface area (Å²) >= 11 is 0. The van der Waals surface area contributed by atoms with Crippen molar-refractivity contribution in [2.45, 2.75) is 0 Å². The third-order valence-corrected chi connectivity index (χ3v) is 3.31. The summed E-state index contributed by atoms with van der Waals surface area (Å²) in [5.74, 6) is 0.802. The molecule has 0 heterocycles. The SMILES string of the molecule is C=C[Si](C=C)COc1cccc(N)c1. The zero-order chi connectivity index (χ0) is 10.4. The van der Waals surface area contributed by atoms with Crippen LogP contribution in [0.25, 0.3) is 0 Å². The molecule has 0 aliphatic heterocycles. The highest BCUT2D eigenvalue weighted by Crippen LogP contribution is 2.14. The fourth-order valence-corrected chi connectivity index (χ4v) is 1.71. The van der Waals surface area contributed by atoms with Crippen LogP contribution in [0.1, 0.15) is 0 Å². The molecule has 1 aromatic carbocycles. The molecule has 0 spiro atoms. The largest absolute Gasteiger partial charge is 0.497 e. The highest BCUT2D eigenvalue weighted by molar-refractivity contribution is 6.69. The fourth-order valence-electron chi connectivity index (χ4n) is 0.972. The predicted molar refractivity (Wildman–Crippen MR) is 62.5 cm³/mol. The number of anilines is 1. The van der Waals surface area contributed by atoms with Gasteiger partial charge in [-0.2, -0.15) is 0 Å². The number of rotatable bonds is 5. The molecule has 0 saturated heterocycles. The van der Waals surface area contributed by atoms with E-state index in [9.17, 15) is 0 Å². The maximum atomic E-state index is 5.62. The van der Waals surface area contributed by atoms with Gasteiger partial charge in [0.05, 0.1) is 6.23 Å². The van der Waals surface area contributed by atoms with Crippen molar-refractivity contribution in [3.05, 3.63) is 48.8 Å². The van der Waals surface area contributed by atoms with Crippen molar-refractivity contribution >= 4 is 14.5 Å². The average molecular weight is 204 g/mol. The maximum Gasteiger partial charge on any atom is 0.148 e. The monoisotopic (exact) mass is 204 g/mol. The number of nitrogen functional groups attached to an aromatic ring is 1. The number of nitrogens with two attached hydrogens (primary N) is 1. The Morgan fingerprint density at radius 3 is 2.64 bits per heavy atom. The first-order valence-corrected chi connectivity index (χ1v) is 6.21. The Morgan fingerprint density at radius 2 is 2.07 bits per heavy atom. The molecule has 0 aromatic heterocycles. The lowest BCUT2D eigenvalue weighted by Gasteiger charge is -2.08. The molecule has 3 heteroatoms. The van der Waals surface area contributed by atoms with E-state index in [1.807, 2.05) is 35.7 Å². The van der Waals surface area contributed by atoms with Crippen molar-refractivity contribution in [1.29, 1.82) is 0 Å². The van der Waals surface area contributed by atoms with Crippen LogP contribution < -0.4 is 10.5 Å². The van der Waals surface area contributed by atoms with Crippen LogP contribution in [0.5, 0.6) is 5.75 Å². The lowest BCUT2D eigenvalue weighted by Crippen LogP contribution is -2.17. The van der Waals surface area contributed by atoms with E-state index in [0.717, 1.165) is 5.75 Å². The predicted octanol–water partition coefficient (Wildman–Crippen LogP) is 2.13. The first-order chi connectivity index (χ1) is 6.76. The second-order valence-electron chi connectivity index (χ2n) is 2.84. The Kier molecular flexibility index (Phi) is 4.00. The number of hydrogen-bond acceptors (Lipinski definition) is 2. The van der Waals surface area contributed by atoms with Crippen LogP contribution in [0, 0.1) is 0 Å². The first-order valence-electron chi connectivity index (χ1n) is 4.35. The standard InChI is InChI=1S/C11H14NOSi/c1-3-14(4-2)9-13-11-7-5-6-10(12)8-11/h3-8H,1-2,9,12H2. The van der Waals surface area contributed by atoms with Crippen molar-refractivity contribution in [3.63, 3.8) is 0 Å². The van der Waals surface area contributed by atoms with Gasteiger partial charge in [0.15, 0.2) is 0 Å². The minimum atomic E-state index is -0.769. The molecule has 0 atom stereocenters. The Bertz CT molecular complexity index is 317. The molecular weight excluding hydrogens is 190 g/mol. The summed E-state index contributed by atoms with van der Waals surface area (Å²) < 4.78 is 5.55. The molecule has 0 saturated carbocycles. The summed E-state index contributed by atoms with van der Waals surface area (Å²) in [6.07, 6.45) is 0.654. The van der Waals surface area contributed by atoms with Crippen molar-refractivity contribution in [2.24, 2.45) is 0 Å². The van der Waals surface area contributed by atoms with Crippen LogP contribution in [0.15, 0.2) is 48.8 Å². The van der Waals surface area contributed by atoms with Crippen LogP contribution in [-0.4, -0.2) is 15.0 Å². The highest BCUT2D eigenvalue weighted by atomic mass is 28.3. The molecule has 0 unspecified atom stereocenters. The number of hydrogen-bond donors (Lipinski definition) is 1. The topological polar surface area (TPSA) is 35.2 Å². The maximum absolute atomic E-state index is 5.62. The summed E-state index contributed by atoms with van der Waals surface area (Å²) in [7, 11) is -0.769. The molecule has 1 radical (unpaired) electrons. The van der Waals surface area contributed by atoms with Crippen molar-refractivity contribution < 1.29 is 4.74 Å². The van der Waals surface area contributed by atoms with Gasteiger partial charge in [0.2, 0.25) is 0 Å². The Hall–Kier alpha value is -1.48. The van der Waals surface area contributed by atoms with E-state index in [1.54, 1.807) is 0 Å². The molecule has 2 N–H and O–H groups in total. The van der Waals surface area contributed by atoms with Crippen molar-refractivity contribution in [1.82, 2.24) is 0 Å². The van der Waals surface area contributed by atoms with E-state index in [1.165, 1.54) is 0 Å². The van der Waals surface area contributed by atoms with Gasteiger partial charge in [-0.1, -0.05) is 17.5 Å². The summed E-state index contributed by atoms with van der Waals surface area (Å²) in [4.78, 5) is 0. The van der Waals surface area contributed by atoms with Gasteiger partial charge in [0, 0.05) is 11.8 Å². The van der Waals surface area contributed by atoms with Crippen LogP contribution in [0.2, 0.25) is 0 Å². The van der Waals surface area contributed by atoms with Gasteiger partial charge in [-0.05, 0) is 12.1 Å². The first kappa shape index (κ1) is 10.6.